The summed E-state index contributed by atoms with van der Waals surface area (Å²) in [6, 6.07) is 14.9. The van der Waals surface area contributed by atoms with Gasteiger partial charge in [-0.3, -0.25) is 9.78 Å². The summed E-state index contributed by atoms with van der Waals surface area (Å²) < 4.78 is 10.3. The molecule has 0 fully saturated rings. The standard InChI is InChI=1S/C25H24N2O6/c1-15-20(23(28)27-19-11-7-10-18(14-19)24(29)30)22(17-8-5-4-6-9-17)21(16(2)26-15)25(31)33-13-12-32-3/h4-11,14H,12-13H2,1-3H3,(H,27,28)(H,29,30). The number of carboxylic acids is 1. The van der Waals surface area contributed by atoms with Crippen molar-refractivity contribution in [2.75, 3.05) is 25.6 Å². The van der Waals surface area contributed by atoms with Gasteiger partial charge in [0, 0.05) is 18.4 Å². The van der Waals surface area contributed by atoms with Gasteiger partial charge in [0.25, 0.3) is 5.91 Å². The highest BCUT2D eigenvalue weighted by atomic mass is 16.6. The zero-order chi connectivity index (χ0) is 24.0. The number of aromatic nitrogens is 1. The molecule has 1 amide bonds. The number of methoxy groups -OCH3 is 1. The van der Waals surface area contributed by atoms with Gasteiger partial charge in [0.15, 0.2) is 0 Å². The number of nitrogens with one attached hydrogen (secondary N) is 1. The van der Waals surface area contributed by atoms with Crippen LogP contribution < -0.4 is 5.32 Å². The van der Waals surface area contributed by atoms with Crippen molar-refractivity contribution in [3.8, 4) is 11.1 Å². The molecular weight excluding hydrogens is 424 g/mol. The number of hydrogen-bond donors (Lipinski definition) is 2. The van der Waals surface area contributed by atoms with Crippen LogP contribution in [-0.4, -0.2) is 48.3 Å². The zero-order valence-electron chi connectivity index (χ0n) is 18.5. The Morgan fingerprint density at radius 2 is 1.64 bits per heavy atom. The molecule has 2 N–H and O–H groups in total. The molecule has 0 aliphatic heterocycles. The summed E-state index contributed by atoms with van der Waals surface area (Å²) in [6.45, 7) is 3.66. The van der Waals surface area contributed by atoms with Crippen molar-refractivity contribution in [1.82, 2.24) is 4.98 Å². The van der Waals surface area contributed by atoms with Crippen molar-refractivity contribution in [2.45, 2.75) is 13.8 Å². The Balaban J connectivity index is 2.13. The number of rotatable bonds is 8. The topological polar surface area (TPSA) is 115 Å². The van der Waals surface area contributed by atoms with Crippen LogP contribution in [0.2, 0.25) is 0 Å². The first kappa shape index (κ1) is 23.6. The second-order valence-electron chi connectivity index (χ2n) is 7.24. The highest BCUT2D eigenvalue weighted by molar-refractivity contribution is 6.13. The summed E-state index contributed by atoms with van der Waals surface area (Å²) >= 11 is 0. The van der Waals surface area contributed by atoms with E-state index in [0.717, 1.165) is 0 Å². The van der Waals surface area contributed by atoms with E-state index in [1.807, 2.05) is 6.07 Å². The lowest BCUT2D eigenvalue weighted by Crippen LogP contribution is -2.21. The van der Waals surface area contributed by atoms with Gasteiger partial charge < -0.3 is 19.9 Å². The summed E-state index contributed by atoms with van der Waals surface area (Å²) in [7, 11) is 1.50. The first-order chi connectivity index (χ1) is 15.8. The third kappa shape index (κ3) is 5.42. The van der Waals surface area contributed by atoms with Gasteiger partial charge in [0.2, 0.25) is 0 Å². The van der Waals surface area contributed by atoms with E-state index in [1.54, 1.807) is 44.2 Å². The van der Waals surface area contributed by atoms with Crippen LogP contribution in [0.4, 0.5) is 5.69 Å². The Morgan fingerprint density at radius 1 is 0.939 bits per heavy atom. The number of anilines is 1. The fraction of sp³-hybridized carbons (Fsp3) is 0.200. The van der Waals surface area contributed by atoms with Crippen LogP contribution in [0.1, 0.15) is 42.5 Å². The van der Waals surface area contributed by atoms with E-state index in [9.17, 15) is 19.5 Å². The van der Waals surface area contributed by atoms with Crippen molar-refractivity contribution >= 4 is 23.5 Å². The van der Waals surface area contributed by atoms with E-state index in [0.29, 0.717) is 28.2 Å². The molecule has 8 heteroatoms. The number of benzene rings is 2. The number of carboxylic acid groups (broad SMARTS) is 1. The summed E-state index contributed by atoms with van der Waals surface area (Å²) in [4.78, 5) is 42.1. The molecule has 8 nitrogen and oxygen atoms in total. The Bertz CT molecular complexity index is 1190. The predicted octanol–water partition coefficient (Wildman–Crippen LogP) is 4.12. The first-order valence-electron chi connectivity index (χ1n) is 10.2. The van der Waals surface area contributed by atoms with E-state index >= 15 is 0 Å². The fourth-order valence-electron chi connectivity index (χ4n) is 3.48. The van der Waals surface area contributed by atoms with Gasteiger partial charge in [-0.2, -0.15) is 0 Å². The van der Waals surface area contributed by atoms with Crippen LogP contribution in [0.25, 0.3) is 11.1 Å². The summed E-state index contributed by atoms with van der Waals surface area (Å²) in [6.07, 6.45) is 0. The molecule has 0 atom stereocenters. The number of aromatic carboxylic acids is 1. The highest BCUT2D eigenvalue weighted by Crippen LogP contribution is 2.32. The Labute approximate surface area is 191 Å². The van der Waals surface area contributed by atoms with Gasteiger partial charge in [-0.05, 0) is 37.6 Å². The number of nitrogens with zero attached hydrogens (tertiary/aromatic N) is 1. The molecular formula is C25H24N2O6. The van der Waals surface area contributed by atoms with Crippen molar-refractivity contribution in [2.24, 2.45) is 0 Å². The summed E-state index contributed by atoms with van der Waals surface area (Å²) in [5.74, 6) is -2.24. The lowest BCUT2D eigenvalue weighted by molar-refractivity contribution is 0.0387. The molecule has 0 saturated carbocycles. The van der Waals surface area contributed by atoms with Gasteiger partial charge in [0.1, 0.15) is 6.61 Å². The van der Waals surface area contributed by atoms with Crippen LogP contribution in [0.15, 0.2) is 54.6 Å². The van der Waals surface area contributed by atoms with E-state index < -0.39 is 17.8 Å². The van der Waals surface area contributed by atoms with E-state index in [-0.39, 0.29) is 29.9 Å². The molecule has 0 radical (unpaired) electrons. The predicted molar refractivity (Wildman–Crippen MR) is 123 cm³/mol. The molecule has 0 bridgehead atoms. The lowest BCUT2D eigenvalue weighted by atomic mass is 9.92. The van der Waals surface area contributed by atoms with Crippen molar-refractivity contribution in [3.63, 3.8) is 0 Å². The molecule has 0 saturated heterocycles. The molecule has 170 valence electrons. The third-order valence-electron chi connectivity index (χ3n) is 4.94. The number of aryl methyl sites for hydroxylation is 2. The third-order valence-corrected chi connectivity index (χ3v) is 4.94. The maximum absolute atomic E-state index is 13.4. The SMILES string of the molecule is COCCOC(=O)c1c(C)nc(C)c(C(=O)Nc2cccc(C(=O)O)c2)c1-c1ccccc1. The van der Waals surface area contributed by atoms with Crippen molar-refractivity contribution in [3.05, 3.63) is 82.7 Å². The molecule has 33 heavy (non-hydrogen) atoms. The minimum absolute atomic E-state index is 0.0391. The molecule has 1 aromatic heterocycles. The Morgan fingerprint density at radius 3 is 2.30 bits per heavy atom. The molecule has 1 heterocycles. The van der Waals surface area contributed by atoms with Crippen molar-refractivity contribution in [1.29, 1.82) is 0 Å². The quantitative estimate of drug-likeness (QED) is 0.393. The second kappa shape index (κ2) is 10.5. The van der Waals surface area contributed by atoms with Gasteiger partial charge in [-0.25, -0.2) is 9.59 Å². The second-order valence-corrected chi connectivity index (χ2v) is 7.24. The molecule has 3 aromatic rings. The zero-order valence-corrected chi connectivity index (χ0v) is 18.5. The maximum Gasteiger partial charge on any atom is 0.340 e. The Hall–Kier alpha value is -4.04. The smallest absolute Gasteiger partial charge is 0.340 e. The van der Waals surface area contributed by atoms with Crippen LogP contribution in [-0.2, 0) is 9.47 Å². The van der Waals surface area contributed by atoms with Gasteiger partial charge in [-0.1, -0.05) is 36.4 Å². The van der Waals surface area contributed by atoms with Gasteiger partial charge >= 0.3 is 11.9 Å². The molecule has 0 aliphatic rings. The highest BCUT2D eigenvalue weighted by Gasteiger charge is 2.27. The Kier molecular flexibility index (Phi) is 7.53. The molecule has 0 unspecified atom stereocenters. The summed E-state index contributed by atoms with van der Waals surface area (Å²) in [5.41, 5.74) is 2.63. The van der Waals surface area contributed by atoms with Crippen LogP contribution in [0.5, 0.6) is 0 Å². The maximum atomic E-state index is 13.4. The van der Waals surface area contributed by atoms with E-state index in [4.69, 9.17) is 9.47 Å². The number of carbonyl (C=O) groups excluding carboxylic acids is 2. The van der Waals surface area contributed by atoms with Crippen molar-refractivity contribution < 1.29 is 29.0 Å². The summed E-state index contributed by atoms with van der Waals surface area (Å²) in [5, 5.41) is 12.0. The monoisotopic (exact) mass is 448 g/mol. The molecule has 0 spiro atoms. The molecule has 0 aliphatic carbocycles. The average molecular weight is 448 g/mol. The molecule has 2 aromatic carbocycles. The first-order valence-corrected chi connectivity index (χ1v) is 10.2. The van der Waals surface area contributed by atoms with Crippen LogP contribution >= 0.6 is 0 Å². The van der Waals surface area contributed by atoms with Crippen LogP contribution in [0, 0.1) is 13.8 Å². The van der Waals surface area contributed by atoms with Gasteiger partial charge in [0.05, 0.1) is 34.7 Å². The van der Waals surface area contributed by atoms with E-state index in [1.165, 1.54) is 25.3 Å². The van der Waals surface area contributed by atoms with Gasteiger partial charge in [-0.15, -0.1) is 0 Å². The minimum atomic E-state index is -1.11. The average Bonchev–Trinajstić information content (AvgIpc) is 2.79. The number of ether oxygens (including phenoxy) is 2. The van der Waals surface area contributed by atoms with Crippen LogP contribution in [0.3, 0.4) is 0 Å². The number of carbonyl (C=O) groups is 3. The van der Waals surface area contributed by atoms with E-state index in [2.05, 4.69) is 10.3 Å². The lowest BCUT2D eigenvalue weighted by Gasteiger charge is -2.18. The number of hydrogen-bond acceptors (Lipinski definition) is 6. The largest absolute Gasteiger partial charge is 0.478 e. The minimum Gasteiger partial charge on any atom is -0.478 e. The normalized spacial score (nSPS) is 10.5. The number of pyridine rings is 1. The number of esters is 1. The fourth-order valence-corrected chi connectivity index (χ4v) is 3.48. The molecule has 3 rings (SSSR count). The number of amides is 1.